The van der Waals surface area contributed by atoms with Crippen LogP contribution in [-0.2, 0) is 0 Å². The molecule has 2 heterocycles. The second-order valence-electron chi connectivity index (χ2n) is 6.81. The number of carbonyl (C=O) groups is 1. The lowest BCUT2D eigenvalue weighted by Crippen LogP contribution is -2.32. The first-order valence-corrected chi connectivity index (χ1v) is 9.48. The first-order valence-electron chi connectivity index (χ1n) is 8.72. The zero-order valence-corrected chi connectivity index (χ0v) is 15.9. The van der Waals surface area contributed by atoms with Crippen molar-refractivity contribution >= 4 is 34.7 Å². The van der Waals surface area contributed by atoms with Gasteiger partial charge in [0.25, 0.3) is 5.70 Å². The number of benzene rings is 2. The second-order valence-corrected chi connectivity index (χ2v) is 7.65. The fourth-order valence-corrected chi connectivity index (χ4v) is 4.81. The first kappa shape index (κ1) is 17.3. The van der Waals surface area contributed by atoms with Crippen LogP contribution in [0.5, 0.6) is 0 Å². The minimum atomic E-state index is -0.883. The second kappa shape index (κ2) is 6.09. The number of fused-ring (bicyclic) bond motifs is 4. The maximum atomic E-state index is 13.3. The highest BCUT2D eigenvalue weighted by Crippen LogP contribution is 2.51. The van der Waals surface area contributed by atoms with Crippen molar-refractivity contribution in [1.82, 2.24) is 10.2 Å². The average molecular weight is 414 g/mol. The zero-order chi connectivity index (χ0) is 19.6. The third-order valence-corrected chi connectivity index (χ3v) is 5.93. The van der Waals surface area contributed by atoms with Gasteiger partial charge in [0.15, 0.2) is 11.6 Å². The number of nitrogens with one attached hydrogen (secondary N) is 1. The predicted octanol–water partition coefficient (Wildman–Crippen LogP) is 4.05. The van der Waals surface area contributed by atoms with Crippen LogP contribution in [0, 0.1) is 10.1 Å². The maximum absolute atomic E-state index is 13.3. The van der Waals surface area contributed by atoms with Gasteiger partial charge in [0.2, 0.25) is 0 Å². The highest BCUT2D eigenvalue weighted by Gasteiger charge is 2.50. The summed E-state index contributed by atoms with van der Waals surface area (Å²) in [6.45, 7) is 1.11. The number of carbonyl (C=O) groups excluding carboxylic acids is 1. The number of nitrogens with zero attached hydrogens (tertiary/aromatic N) is 2. The molecule has 2 aromatic carbocycles. The van der Waals surface area contributed by atoms with Gasteiger partial charge in [0, 0.05) is 39.8 Å². The van der Waals surface area contributed by atoms with Crippen molar-refractivity contribution in [3.63, 3.8) is 0 Å². The molecule has 1 N–H and O–H groups in total. The topological polar surface area (TPSA) is 75.5 Å². The lowest BCUT2D eigenvalue weighted by molar-refractivity contribution is -0.431. The largest absolute Gasteiger partial charge is 0.364 e. The molecule has 8 heteroatoms. The molecule has 1 unspecified atom stereocenters. The van der Waals surface area contributed by atoms with Crippen LogP contribution >= 0.6 is 23.2 Å². The van der Waals surface area contributed by atoms with Gasteiger partial charge in [-0.15, -0.1) is 0 Å². The molecule has 3 aliphatic rings. The minimum absolute atomic E-state index is 0.0679. The van der Waals surface area contributed by atoms with Gasteiger partial charge in [-0.25, -0.2) is 0 Å². The molecule has 1 saturated heterocycles. The molecule has 0 spiro atoms. The van der Waals surface area contributed by atoms with Crippen molar-refractivity contribution in [3.8, 4) is 0 Å². The summed E-state index contributed by atoms with van der Waals surface area (Å²) < 4.78 is 0. The summed E-state index contributed by atoms with van der Waals surface area (Å²) in [4.78, 5) is 26.9. The highest BCUT2D eigenvalue weighted by atomic mass is 35.5. The van der Waals surface area contributed by atoms with E-state index in [4.69, 9.17) is 23.2 Å². The molecular weight excluding hydrogens is 401 g/mol. The molecule has 2 aliphatic heterocycles. The van der Waals surface area contributed by atoms with E-state index in [0.29, 0.717) is 45.7 Å². The van der Waals surface area contributed by atoms with E-state index >= 15 is 0 Å². The average Bonchev–Trinajstić information content (AvgIpc) is 3.24. The standard InChI is InChI=1S/C20H13Cl2N3O3/c21-10-5-6-13(14(22)9-10)15-16-17(11-3-1-2-4-12(11)19(16)26)24-8-7-23-20(24)18(15)25(27)28/h1-6,9,15,23H,7-8H2. The van der Waals surface area contributed by atoms with E-state index in [1.807, 2.05) is 17.0 Å². The quantitative estimate of drug-likeness (QED) is 0.593. The van der Waals surface area contributed by atoms with Crippen molar-refractivity contribution in [2.75, 3.05) is 13.1 Å². The Morgan fingerprint density at radius 1 is 1.14 bits per heavy atom. The Hall–Kier alpha value is -2.83. The SMILES string of the molecule is O=C1C2=C(c3ccccc31)N1CCNC1=C([N+](=O)[O-])C2c1ccc(Cl)cc1Cl. The van der Waals surface area contributed by atoms with E-state index < -0.39 is 10.8 Å². The van der Waals surface area contributed by atoms with Gasteiger partial charge in [-0.05, 0) is 17.7 Å². The molecule has 0 bridgehead atoms. The van der Waals surface area contributed by atoms with Crippen LogP contribution in [0.1, 0.15) is 27.4 Å². The maximum Gasteiger partial charge on any atom is 0.298 e. The van der Waals surface area contributed by atoms with Gasteiger partial charge in [0.1, 0.15) is 5.92 Å². The van der Waals surface area contributed by atoms with Gasteiger partial charge in [0.05, 0.1) is 10.6 Å². The van der Waals surface area contributed by atoms with Crippen molar-refractivity contribution < 1.29 is 9.72 Å². The van der Waals surface area contributed by atoms with Crippen molar-refractivity contribution in [2.24, 2.45) is 0 Å². The van der Waals surface area contributed by atoms with Gasteiger partial charge < -0.3 is 10.2 Å². The molecule has 0 radical (unpaired) electrons. The molecule has 28 heavy (non-hydrogen) atoms. The van der Waals surface area contributed by atoms with Crippen LogP contribution in [0.2, 0.25) is 10.0 Å². The number of halogens is 2. The van der Waals surface area contributed by atoms with Crippen molar-refractivity contribution in [3.05, 3.63) is 96.4 Å². The zero-order valence-electron chi connectivity index (χ0n) is 14.4. The Bertz CT molecular complexity index is 1140. The molecule has 5 rings (SSSR count). The number of Topliss-reactive ketones (excluding diaryl/α,β-unsaturated/α-hetero) is 1. The molecule has 1 fully saturated rings. The van der Waals surface area contributed by atoms with Crippen LogP contribution in [0.3, 0.4) is 0 Å². The number of hydrogen-bond donors (Lipinski definition) is 1. The minimum Gasteiger partial charge on any atom is -0.364 e. The summed E-state index contributed by atoms with van der Waals surface area (Å²) in [7, 11) is 0. The van der Waals surface area contributed by atoms with E-state index in [0.717, 1.165) is 11.3 Å². The number of ketones is 1. The summed E-state index contributed by atoms with van der Waals surface area (Å²) in [5, 5.41) is 16.0. The van der Waals surface area contributed by atoms with E-state index in [1.54, 1.807) is 30.3 Å². The van der Waals surface area contributed by atoms with Crippen LogP contribution in [0.25, 0.3) is 5.70 Å². The fraction of sp³-hybridized carbons (Fsp3) is 0.150. The fourth-order valence-electron chi connectivity index (χ4n) is 4.29. The van der Waals surface area contributed by atoms with Crippen LogP contribution in [-0.4, -0.2) is 28.7 Å². The lowest BCUT2D eigenvalue weighted by atomic mass is 9.83. The van der Waals surface area contributed by atoms with Crippen LogP contribution in [0.4, 0.5) is 0 Å². The van der Waals surface area contributed by atoms with Gasteiger partial charge in [-0.1, -0.05) is 53.5 Å². The number of allylic oxidation sites excluding steroid dienone is 1. The normalized spacial score (nSPS) is 20.1. The predicted molar refractivity (Wildman–Crippen MR) is 106 cm³/mol. The smallest absolute Gasteiger partial charge is 0.298 e. The summed E-state index contributed by atoms with van der Waals surface area (Å²) >= 11 is 12.5. The Morgan fingerprint density at radius 3 is 2.61 bits per heavy atom. The van der Waals surface area contributed by atoms with E-state index in [2.05, 4.69) is 5.32 Å². The van der Waals surface area contributed by atoms with Gasteiger partial charge >= 0.3 is 0 Å². The Balaban J connectivity index is 1.83. The summed E-state index contributed by atoms with van der Waals surface area (Å²) in [6, 6.07) is 12.1. The molecule has 0 saturated carbocycles. The Labute approximate surface area is 170 Å². The van der Waals surface area contributed by atoms with E-state index in [-0.39, 0.29) is 11.5 Å². The molecule has 1 atom stereocenters. The monoisotopic (exact) mass is 413 g/mol. The number of nitro groups is 1. The van der Waals surface area contributed by atoms with Gasteiger partial charge in [-0.3, -0.25) is 14.9 Å². The summed E-state index contributed by atoms with van der Waals surface area (Å²) in [5.41, 5.74) is 2.89. The summed E-state index contributed by atoms with van der Waals surface area (Å²) in [6.07, 6.45) is 0. The molecule has 1 aliphatic carbocycles. The molecule has 0 aromatic heterocycles. The third kappa shape index (κ3) is 2.25. The lowest BCUT2D eigenvalue weighted by Gasteiger charge is -2.30. The van der Waals surface area contributed by atoms with Gasteiger partial charge in [-0.2, -0.15) is 0 Å². The Morgan fingerprint density at radius 2 is 1.89 bits per heavy atom. The molecule has 0 amide bonds. The van der Waals surface area contributed by atoms with Crippen molar-refractivity contribution in [2.45, 2.75) is 5.92 Å². The highest BCUT2D eigenvalue weighted by molar-refractivity contribution is 6.35. The van der Waals surface area contributed by atoms with Crippen LogP contribution in [0.15, 0.2) is 59.6 Å². The molecule has 140 valence electrons. The third-order valence-electron chi connectivity index (χ3n) is 5.37. The van der Waals surface area contributed by atoms with E-state index in [9.17, 15) is 14.9 Å². The number of hydrogen-bond acceptors (Lipinski definition) is 5. The molecular formula is C20H13Cl2N3O3. The molecule has 2 aromatic rings. The van der Waals surface area contributed by atoms with Crippen molar-refractivity contribution in [1.29, 1.82) is 0 Å². The summed E-state index contributed by atoms with van der Waals surface area (Å²) in [5.74, 6) is -0.664. The molecule has 6 nitrogen and oxygen atoms in total. The van der Waals surface area contributed by atoms with E-state index in [1.165, 1.54) is 0 Å². The first-order chi connectivity index (χ1) is 13.5. The Kier molecular flexibility index (Phi) is 3.76. The van der Waals surface area contributed by atoms with Crippen LogP contribution < -0.4 is 5.32 Å². The number of rotatable bonds is 2.